The second kappa shape index (κ2) is 3.74. The molecule has 1 radical (unpaired) electrons. The van der Waals surface area contributed by atoms with Gasteiger partial charge in [-0.25, -0.2) is 0 Å². The molecular weight excluding hydrogens is 195 g/mol. The van der Waals surface area contributed by atoms with Crippen molar-refractivity contribution in [1.29, 1.82) is 0 Å². The summed E-state index contributed by atoms with van der Waals surface area (Å²) in [5.41, 5.74) is 2.45. The van der Waals surface area contributed by atoms with E-state index in [1.54, 1.807) is 0 Å². The Hall–Kier alpha value is -1.64. The SMILES string of the molecule is CC1[B]C=CC2NC(c3ccccc3)=CN12. The minimum atomic E-state index is 0.315. The molecule has 0 aromatic heterocycles. The molecule has 0 fully saturated rings. The zero-order chi connectivity index (χ0) is 11.0. The zero-order valence-electron chi connectivity index (χ0n) is 9.30. The first-order valence-corrected chi connectivity index (χ1v) is 5.67. The van der Waals surface area contributed by atoms with Crippen molar-refractivity contribution in [3.63, 3.8) is 0 Å². The summed E-state index contributed by atoms with van der Waals surface area (Å²) in [4.78, 5) is 2.34. The normalized spacial score (nSPS) is 26.8. The van der Waals surface area contributed by atoms with Crippen LogP contribution in [-0.4, -0.2) is 24.3 Å². The van der Waals surface area contributed by atoms with Crippen LogP contribution in [0, 0.1) is 0 Å². The van der Waals surface area contributed by atoms with Crippen LogP contribution in [0.3, 0.4) is 0 Å². The van der Waals surface area contributed by atoms with E-state index >= 15 is 0 Å². The van der Waals surface area contributed by atoms with Crippen molar-refractivity contribution < 1.29 is 0 Å². The van der Waals surface area contributed by atoms with E-state index < -0.39 is 0 Å². The number of rotatable bonds is 1. The summed E-state index contributed by atoms with van der Waals surface area (Å²) in [5, 5.41) is 3.52. The van der Waals surface area contributed by atoms with E-state index in [1.165, 1.54) is 11.3 Å². The lowest BCUT2D eigenvalue weighted by molar-refractivity contribution is 0.308. The molecule has 2 unspecified atom stereocenters. The molecule has 3 rings (SSSR count). The van der Waals surface area contributed by atoms with Gasteiger partial charge in [0.05, 0.1) is 5.70 Å². The van der Waals surface area contributed by atoms with Crippen molar-refractivity contribution in [1.82, 2.24) is 10.2 Å². The van der Waals surface area contributed by atoms with E-state index in [0.29, 0.717) is 12.1 Å². The van der Waals surface area contributed by atoms with Gasteiger partial charge in [0.15, 0.2) is 7.28 Å². The molecule has 1 N–H and O–H groups in total. The van der Waals surface area contributed by atoms with Gasteiger partial charge in [0, 0.05) is 12.1 Å². The molecule has 3 heteroatoms. The highest BCUT2D eigenvalue weighted by Crippen LogP contribution is 2.24. The van der Waals surface area contributed by atoms with Crippen LogP contribution in [0.5, 0.6) is 0 Å². The Labute approximate surface area is 96.9 Å². The molecule has 2 heterocycles. The summed E-state index contributed by atoms with van der Waals surface area (Å²) < 4.78 is 0. The molecule has 1 aromatic rings. The van der Waals surface area contributed by atoms with Gasteiger partial charge in [0.2, 0.25) is 0 Å². The van der Waals surface area contributed by atoms with Crippen molar-refractivity contribution in [2.75, 3.05) is 0 Å². The zero-order valence-corrected chi connectivity index (χ0v) is 9.30. The van der Waals surface area contributed by atoms with Gasteiger partial charge >= 0.3 is 0 Å². The Kier molecular flexibility index (Phi) is 2.24. The highest BCUT2D eigenvalue weighted by Gasteiger charge is 2.28. The average Bonchev–Trinajstić information content (AvgIpc) is 2.76. The van der Waals surface area contributed by atoms with Crippen molar-refractivity contribution in [3.8, 4) is 0 Å². The van der Waals surface area contributed by atoms with Gasteiger partial charge in [-0.05, 0) is 5.56 Å². The lowest BCUT2D eigenvalue weighted by Gasteiger charge is -2.31. The van der Waals surface area contributed by atoms with Gasteiger partial charge < -0.3 is 10.2 Å². The topological polar surface area (TPSA) is 15.3 Å². The van der Waals surface area contributed by atoms with Gasteiger partial charge in [0.1, 0.15) is 6.17 Å². The second-order valence-electron chi connectivity index (χ2n) is 4.26. The molecule has 2 aliphatic rings. The monoisotopic (exact) mass is 209 g/mol. The van der Waals surface area contributed by atoms with E-state index in [2.05, 4.69) is 66.9 Å². The van der Waals surface area contributed by atoms with Gasteiger partial charge in [0.25, 0.3) is 0 Å². The van der Waals surface area contributed by atoms with Crippen LogP contribution in [0.2, 0.25) is 0 Å². The third-order valence-corrected chi connectivity index (χ3v) is 3.14. The van der Waals surface area contributed by atoms with Crippen molar-refractivity contribution in [2.24, 2.45) is 0 Å². The van der Waals surface area contributed by atoms with Crippen LogP contribution in [-0.2, 0) is 0 Å². The molecule has 0 saturated carbocycles. The van der Waals surface area contributed by atoms with Gasteiger partial charge in [-0.1, -0.05) is 43.3 Å². The molecule has 2 aliphatic heterocycles. The molecule has 1 aromatic carbocycles. The number of hydrogen-bond donors (Lipinski definition) is 1. The van der Waals surface area contributed by atoms with E-state index in [9.17, 15) is 0 Å². The highest BCUT2D eigenvalue weighted by atomic mass is 15.3. The predicted octanol–water partition coefficient (Wildman–Crippen LogP) is 1.79. The summed E-state index contributed by atoms with van der Waals surface area (Å²) in [6.07, 6.45) is 4.71. The van der Waals surface area contributed by atoms with Crippen LogP contribution < -0.4 is 5.32 Å². The fraction of sp³-hybridized carbons (Fsp3) is 0.231. The number of nitrogens with one attached hydrogen (secondary N) is 1. The van der Waals surface area contributed by atoms with Crippen LogP contribution in [0.4, 0.5) is 0 Å². The summed E-state index contributed by atoms with van der Waals surface area (Å²) in [7, 11) is 2.21. The average molecular weight is 209 g/mol. The summed E-state index contributed by atoms with van der Waals surface area (Å²) >= 11 is 0. The summed E-state index contributed by atoms with van der Waals surface area (Å²) in [5.74, 6) is 2.60. The molecule has 0 spiro atoms. The number of hydrogen-bond acceptors (Lipinski definition) is 2. The van der Waals surface area contributed by atoms with Crippen molar-refractivity contribution in [2.45, 2.75) is 19.0 Å². The number of benzene rings is 1. The molecule has 0 aliphatic carbocycles. The Bertz CT molecular complexity index is 439. The van der Waals surface area contributed by atoms with E-state index in [4.69, 9.17) is 0 Å². The first-order valence-electron chi connectivity index (χ1n) is 5.67. The van der Waals surface area contributed by atoms with Gasteiger partial charge in [-0.15, -0.1) is 5.98 Å². The maximum absolute atomic E-state index is 3.52. The van der Waals surface area contributed by atoms with E-state index in [-0.39, 0.29) is 0 Å². The van der Waals surface area contributed by atoms with Crippen molar-refractivity contribution >= 4 is 13.0 Å². The van der Waals surface area contributed by atoms with Gasteiger partial charge in [-0.3, -0.25) is 0 Å². The van der Waals surface area contributed by atoms with Crippen LogP contribution in [0.1, 0.15) is 12.5 Å². The summed E-state index contributed by atoms with van der Waals surface area (Å²) in [6.45, 7) is 2.21. The smallest absolute Gasteiger partial charge is 0.170 e. The number of nitrogens with zero attached hydrogens (tertiary/aromatic N) is 1. The third kappa shape index (κ3) is 1.52. The fourth-order valence-electron chi connectivity index (χ4n) is 2.22. The Morgan fingerprint density at radius 3 is 2.81 bits per heavy atom. The molecule has 2 nitrogen and oxygen atoms in total. The maximum atomic E-state index is 3.52. The summed E-state index contributed by atoms with van der Waals surface area (Å²) in [6, 6.07) is 10.5. The van der Waals surface area contributed by atoms with Gasteiger partial charge in [-0.2, -0.15) is 0 Å². The fourth-order valence-corrected chi connectivity index (χ4v) is 2.22. The van der Waals surface area contributed by atoms with E-state index in [0.717, 1.165) is 0 Å². The van der Waals surface area contributed by atoms with E-state index in [1.807, 2.05) is 6.07 Å². The minimum absolute atomic E-state index is 0.315. The van der Waals surface area contributed by atoms with Crippen molar-refractivity contribution in [3.05, 3.63) is 54.1 Å². The minimum Gasteiger partial charge on any atom is -0.360 e. The predicted molar refractivity (Wildman–Crippen MR) is 67.5 cm³/mol. The molecular formula is C13H14BN2. The maximum Gasteiger partial charge on any atom is 0.170 e. The third-order valence-electron chi connectivity index (χ3n) is 3.14. The molecule has 16 heavy (non-hydrogen) atoms. The van der Waals surface area contributed by atoms with Crippen LogP contribution >= 0.6 is 0 Å². The Balaban J connectivity index is 1.90. The highest BCUT2D eigenvalue weighted by molar-refractivity contribution is 6.44. The van der Waals surface area contributed by atoms with Crippen LogP contribution in [0.25, 0.3) is 5.70 Å². The molecule has 0 saturated heterocycles. The lowest BCUT2D eigenvalue weighted by atomic mass is 9.67. The quantitative estimate of drug-likeness (QED) is 0.709. The second-order valence-corrected chi connectivity index (χ2v) is 4.26. The Morgan fingerprint density at radius 2 is 2.06 bits per heavy atom. The first kappa shape index (κ1) is 9.58. The standard InChI is InChI=1S/C13H14BN2/c1-10-14-8-7-13-15-12(9-16(10)13)11-5-3-2-4-6-11/h2-10,13,15H,1H3. The molecule has 0 bridgehead atoms. The first-order chi connectivity index (χ1) is 7.84. The largest absolute Gasteiger partial charge is 0.360 e. The molecule has 0 amide bonds. The number of fused-ring (bicyclic) bond motifs is 1. The lowest BCUT2D eigenvalue weighted by Crippen LogP contribution is -2.44. The molecule has 79 valence electrons. The molecule has 2 atom stereocenters. The Morgan fingerprint density at radius 1 is 1.25 bits per heavy atom. The van der Waals surface area contributed by atoms with Crippen LogP contribution in [0.15, 0.2) is 48.6 Å².